The van der Waals surface area contributed by atoms with Crippen LogP contribution in [0.5, 0.6) is 11.5 Å². The van der Waals surface area contributed by atoms with Gasteiger partial charge >= 0.3 is 0 Å². The molecule has 4 aromatic rings. The summed E-state index contributed by atoms with van der Waals surface area (Å²) in [6, 6.07) is 11.6. The largest absolute Gasteiger partial charge is 0.493 e. The molecule has 1 radical (unpaired) electrons. The highest BCUT2D eigenvalue weighted by molar-refractivity contribution is 5.90. The number of methoxy groups -OCH3 is 2. The minimum atomic E-state index is -0.943. The van der Waals surface area contributed by atoms with Crippen molar-refractivity contribution in [3.05, 3.63) is 54.2 Å². The topological polar surface area (TPSA) is 91.7 Å². The Bertz CT molecular complexity index is 1400. The molecule has 0 saturated carbocycles. The van der Waals surface area contributed by atoms with Crippen LogP contribution in [0.1, 0.15) is 6.92 Å². The highest BCUT2D eigenvalue weighted by atomic mass is 19.1. The first-order valence-electron chi connectivity index (χ1n) is 12.1. The first kappa shape index (κ1) is 24.6. The molecule has 5 rings (SSSR count). The van der Waals surface area contributed by atoms with E-state index >= 15 is 0 Å². The summed E-state index contributed by atoms with van der Waals surface area (Å²) < 4.78 is 39.1. The van der Waals surface area contributed by atoms with Gasteiger partial charge in [-0.25, -0.2) is 13.8 Å². The molecular formula is C27H29F2N6O2. The van der Waals surface area contributed by atoms with Gasteiger partial charge in [0, 0.05) is 37.3 Å². The molecule has 37 heavy (non-hydrogen) atoms. The number of halogens is 2. The number of piperazine rings is 1. The van der Waals surface area contributed by atoms with Crippen LogP contribution in [0.3, 0.4) is 0 Å². The third-order valence-electron chi connectivity index (χ3n) is 6.74. The van der Waals surface area contributed by atoms with E-state index in [-0.39, 0.29) is 17.1 Å². The Morgan fingerprint density at radius 2 is 1.76 bits per heavy atom. The van der Waals surface area contributed by atoms with E-state index in [2.05, 4.69) is 38.1 Å². The van der Waals surface area contributed by atoms with E-state index in [0.717, 1.165) is 49.5 Å². The van der Waals surface area contributed by atoms with Gasteiger partial charge < -0.3 is 35.3 Å². The molecule has 0 spiro atoms. The SMILES string of the molecule is CCN1CCN(c2ccc(Nc3cc4cc(-c5c(OC)c(F)[c]c(F)c5OC)[nH]c4cn3)c(N)c2)CC1. The Balaban J connectivity index is 1.41. The summed E-state index contributed by atoms with van der Waals surface area (Å²) in [5.41, 5.74) is 10.1. The van der Waals surface area contributed by atoms with Gasteiger partial charge in [-0.2, -0.15) is 0 Å². The summed E-state index contributed by atoms with van der Waals surface area (Å²) >= 11 is 0. The van der Waals surface area contributed by atoms with Crippen molar-refractivity contribution in [2.75, 3.05) is 62.9 Å². The van der Waals surface area contributed by atoms with Crippen LogP contribution >= 0.6 is 0 Å². The summed E-state index contributed by atoms with van der Waals surface area (Å²) in [7, 11) is 2.61. The molecule has 2 aromatic heterocycles. The van der Waals surface area contributed by atoms with E-state index in [1.165, 1.54) is 14.2 Å². The van der Waals surface area contributed by atoms with E-state index in [9.17, 15) is 8.78 Å². The van der Waals surface area contributed by atoms with Crippen LogP contribution in [0, 0.1) is 17.7 Å². The number of anilines is 4. The van der Waals surface area contributed by atoms with Crippen molar-refractivity contribution in [3.63, 3.8) is 0 Å². The molecule has 1 saturated heterocycles. The zero-order valence-electron chi connectivity index (χ0n) is 21.0. The monoisotopic (exact) mass is 507 g/mol. The van der Waals surface area contributed by atoms with Crippen molar-refractivity contribution in [2.24, 2.45) is 0 Å². The van der Waals surface area contributed by atoms with Gasteiger partial charge in [-0.15, -0.1) is 0 Å². The first-order valence-corrected chi connectivity index (χ1v) is 12.1. The first-order chi connectivity index (χ1) is 17.9. The predicted octanol–water partition coefficient (Wildman–Crippen LogP) is 4.79. The van der Waals surface area contributed by atoms with E-state index in [1.54, 1.807) is 12.3 Å². The summed E-state index contributed by atoms with van der Waals surface area (Å²) in [6.07, 6.45) is 1.64. The molecule has 0 amide bonds. The third kappa shape index (κ3) is 4.72. The second kappa shape index (κ2) is 10.1. The van der Waals surface area contributed by atoms with Crippen LogP contribution < -0.4 is 25.4 Å². The van der Waals surface area contributed by atoms with Gasteiger partial charge in [0.25, 0.3) is 0 Å². The quantitative estimate of drug-likeness (QED) is 0.310. The van der Waals surface area contributed by atoms with Crippen LogP contribution in [0.15, 0.2) is 36.5 Å². The summed E-state index contributed by atoms with van der Waals surface area (Å²) in [5.74, 6) is -1.64. The number of benzene rings is 2. The smallest absolute Gasteiger partial charge is 0.177 e. The number of fused-ring (bicyclic) bond motifs is 1. The fourth-order valence-electron chi connectivity index (χ4n) is 4.72. The number of pyridine rings is 1. The number of aromatic amines is 1. The molecular weight excluding hydrogens is 478 g/mol. The van der Waals surface area contributed by atoms with E-state index in [0.29, 0.717) is 22.7 Å². The molecule has 2 aromatic carbocycles. The normalized spacial score (nSPS) is 14.2. The number of H-pyrrole nitrogens is 1. The van der Waals surface area contributed by atoms with Crippen LogP contribution in [0.25, 0.3) is 22.2 Å². The maximum Gasteiger partial charge on any atom is 0.177 e. The zero-order valence-corrected chi connectivity index (χ0v) is 21.0. The lowest BCUT2D eigenvalue weighted by atomic mass is 10.1. The summed E-state index contributed by atoms with van der Waals surface area (Å²) in [4.78, 5) is 12.4. The van der Waals surface area contributed by atoms with E-state index in [4.69, 9.17) is 15.2 Å². The molecule has 1 aliphatic heterocycles. The van der Waals surface area contributed by atoms with Gasteiger partial charge in [0.05, 0.1) is 54.6 Å². The second-order valence-corrected chi connectivity index (χ2v) is 8.85. The minimum Gasteiger partial charge on any atom is -0.493 e. The van der Waals surface area contributed by atoms with E-state index in [1.807, 2.05) is 24.3 Å². The lowest BCUT2D eigenvalue weighted by Crippen LogP contribution is -2.46. The highest BCUT2D eigenvalue weighted by Gasteiger charge is 2.24. The lowest BCUT2D eigenvalue weighted by Gasteiger charge is -2.35. The fraction of sp³-hybridized carbons (Fsp3) is 0.296. The number of aromatic nitrogens is 2. The van der Waals surface area contributed by atoms with Crippen molar-refractivity contribution in [1.82, 2.24) is 14.9 Å². The second-order valence-electron chi connectivity index (χ2n) is 8.85. The van der Waals surface area contributed by atoms with Crippen molar-refractivity contribution in [3.8, 4) is 22.8 Å². The van der Waals surface area contributed by atoms with Gasteiger partial charge in [0.15, 0.2) is 23.1 Å². The Morgan fingerprint density at radius 1 is 1.05 bits per heavy atom. The number of likely N-dealkylation sites (N-methyl/N-ethyl adjacent to an activating group) is 1. The fourth-order valence-corrected chi connectivity index (χ4v) is 4.72. The maximum atomic E-state index is 14.4. The van der Waals surface area contributed by atoms with Gasteiger partial charge in [0.2, 0.25) is 0 Å². The highest BCUT2D eigenvalue weighted by Crippen LogP contribution is 2.42. The van der Waals surface area contributed by atoms with Crippen LogP contribution in [-0.4, -0.2) is 61.8 Å². The maximum absolute atomic E-state index is 14.4. The van der Waals surface area contributed by atoms with E-state index < -0.39 is 11.6 Å². The predicted molar refractivity (Wildman–Crippen MR) is 142 cm³/mol. The Hall–Kier alpha value is -4.05. The molecule has 0 aliphatic carbocycles. The minimum absolute atomic E-state index is 0.129. The Morgan fingerprint density at radius 3 is 2.38 bits per heavy atom. The molecule has 0 atom stereocenters. The number of nitrogens with one attached hydrogen (secondary N) is 2. The molecule has 193 valence electrons. The zero-order chi connectivity index (χ0) is 26.1. The molecule has 8 nitrogen and oxygen atoms in total. The number of nitrogen functional groups attached to an aromatic ring is 1. The molecule has 10 heteroatoms. The lowest BCUT2D eigenvalue weighted by molar-refractivity contribution is 0.271. The number of nitrogens with zero attached hydrogens (tertiary/aromatic N) is 3. The Labute approximate surface area is 214 Å². The molecule has 3 heterocycles. The summed E-state index contributed by atoms with van der Waals surface area (Å²) in [6.45, 7) is 7.27. The van der Waals surface area contributed by atoms with Crippen LogP contribution in [0.2, 0.25) is 0 Å². The standard InChI is InChI=1S/C27H29F2N6O2/c1-4-34-7-9-35(10-8-34)17-5-6-21(20(30)13-17)33-24-12-16-11-22(32-23(16)15-31-24)25-26(36-2)18(28)14-19(29)27(25)37-3/h5-6,11-13,15,32H,4,7-10,30H2,1-3H3,(H,31,33). The van der Waals surface area contributed by atoms with Crippen LogP contribution in [-0.2, 0) is 0 Å². The molecule has 0 unspecified atom stereocenters. The molecule has 0 bridgehead atoms. The number of hydrogen-bond donors (Lipinski definition) is 3. The molecule has 4 N–H and O–H groups in total. The molecule has 1 fully saturated rings. The van der Waals surface area contributed by atoms with Gasteiger partial charge in [-0.3, -0.25) is 0 Å². The molecule has 1 aliphatic rings. The van der Waals surface area contributed by atoms with Gasteiger partial charge in [-0.1, -0.05) is 6.92 Å². The van der Waals surface area contributed by atoms with Crippen LogP contribution in [0.4, 0.5) is 31.7 Å². The van der Waals surface area contributed by atoms with Gasteiger partial charge in [-0.05, 0) is 36.9 Å². The number of ether oxygens (including phenoxy) is 2. The van der Waals surface area contributed by atoms with Gasteiger partial charge in [0.1, 0.15) is 5.82 Å². The third-order valence-corrected chi connectivity index (χ3v) is 6.74. The van der Waals surface area contributed by atoms with Crippen molar-refractivity contribution in [2.45, 2.75) is 6.92 Å². The van der Waals surface area contributed by atoms with Crippen molar-refractivity contribution >= 4 is 33.8 Å². The van der Waals surface area contributed by atoms with Crippen molar-refractivity contribution in [1.29, 1.82) is 0 Å². The van der Waals surface area contributed by atoms with Crippen molar-refractivity contribution < 1.29 is 18.3 Å². The average Bonchev–Trinajstić information content (AvgIpc) is 3.32. The average molecular weight is 508 g/mol. The number of nitrogens with two attached hydrogens (primary N) is 1. The number of hydrogen-bond acceptors (Lipinski definition) is 7. The summed E-state index contributed by atoms with van der Waals surface area (Å²) in [5, 5.41) is 4.04. The number of rotatable bonds is 7. The Kier molecular flexibility index (Phi) is 6.75.